The van der Waals surface area contributed by atoms with E-state index in [-0.39, 0.29) is 17.9 Å². The quantitative estimate of drug-likeness (QED) is 0.490. The smallest absolute Gasteiger partial charge is 0.277 e. The Hall–Kier alpha value is -0.980. The Morgan fingerprint density at radius 3 is 2.94 bits per heavy atom. The lowest BCUT2D eigenvalue weighted by atomic mass is 10.1. The van der Waals surface area contributed by atoms with Gasteiger partial charge in [0.25, 0.3) is 5.91 Å². The number of rotatable bonds is 3. The number of nitrogens with zero attached hydrogens (tertiary/aromatic N) is 1. The van der Waals surface area contributed by atoms with E-state index >= 15 is 0 Å². The van der Waals surface area contributed by atoms with E-state index in [1.807, 2.05) is 13.8 Å². The molecule has 0 saturated carbocycles. The fourth-order valence-corrected chi connectivity index (χ4v) is 3.09. The lowest BCUT2D eigenvalue weighted by Crippen LogP contribution is -2.30. The molecule has 1 atom stereocenters. The van der Waals surface area contributed by atoms with Crippen LogP contribution < -0.4 is 11.3 Å². The summed E-state index contributed by atoms with van der Waals surface area (Å²) in [7, 11) is 0. The lowest BCUT2D eigenvalue weighted by Gasteiger charge is -2.04. The molecule has 0 spiro atoms. The fraction of sp³-hybridized carbons (Fsp3) is 0.636. The Kier molecular flexibility index (Phi) is 3.76. The second-order valence-electron chi connectivity index (χ2n) is 4.40. The van der Waals surface area contributed by atoms with Gasteiger partial charge < -0.3 is 4.74 Å². The summed E-state index contributed by atoms with van der Waals surface area (Å²) >= 11 is 1.39. The van der Waals surface area contributed by atoms with Crippen LogP contribution in [-0.2, 0) is 4.74 Å². The number of nitrogens with one attached hydrogen (secondary N) is 1. The summed E-state index contributed by atoms with van der Waals surface area (Å²) in [5.41, 5.74) is 2.98. The minimum atomic E-state index is -0.268. The molecule has 1 aliphatic heterocycles. The van der Waals surface area contributed by atoms with Gasteiger partial charge in [0.1, 0.15) is 16.0 Å². The van der Waals surface area contributed by atoms with E-state index in [2.05, 4.69) is 10.4 Å². The molecule has 1 fully saturated rings. The van der Waals surface area contributed by atoms with Gasteiger partial charge in [0, 0.05) is 6.61 Å². The van der Waals surface area contributed by atoms with Gasteiger partial charge >= 0.3 is 0 Å². The number of hydrogen-bond donors (Lipinski definition) is 2. The third-order valence-corrected chi connectivity index (χ3v) is 3.92. The minimum absolute atomic E-state index is 0.0526. The molecule has 0 aliphatic carbocycles. The highest BCUT2D eigenvalue weighted by molar-refractivity contribution is 7.13. The summed E-state index contributed by atoms with van der Waals surface area (Å²) < 4.78 is 5.59. The number of thiazole rings is 1. The first-order valence-corrected chi connectivity index (χ1v) is 6.58. The average molecular weight is 255 g/mol. The second-order valence-corrected chi connectivity index (χ2v) is 5.43. The van der Waals surface area contributed by atoms with Crippen LogP contribution in [0.1, 0.15) is 59.1 Å². The normalized spacial score (nSPS) is 19.9. The third kappa shape index (κ3) is 2.48. The van der Waals surface area contributed by atoms with Crippen molar-refractivity contribution in [3.63, 3.8) is 0 Å². The van der Waals surface area contributed by atoms with Gasteiger partial charge in [-0.3, -0.25) is 10.2 Å². The van der Waals surface area contributed by atoms with Gasteiger partial charge in [-0.1, -0.05) is 13.8 Å². The molecule has 1 unspecified atom stereocenters. The summed E-state index contributed by atoms with van der Waals surface area (Å²) in [6.07, 6.45) is 2.09. The number of amides is 1. The molecule has 3 N–H and O–H groups in total. The van der Waals surface area contributed by atoms with Crippen LogP contribution in [0.4, 0.5) is 0 Å². The molecule has 1 aromatic heterocycles. The molecule has 1 aliphatic rings. The van der Waals surface area contributed by atoms with Crippen molar-refractivity contribution in [2.24, 2.45) is 5.84 Å². The Morgan fingerprint density at radius 1 is 1.65 bits per heavy atom. The van der Waals surface area contributed by atoms with Crippen LogP contribution in [0.2, 0.25) is 0 Å². The van der Waals surface area contributed by atoms with E-state index in [0.29, 0.717) is 4.88 Å². The number of hydrogen-bond acceptors (Lipinski definition) is 5. The van der Waals surface area contributed by atoms with Crippen LogP contribution in [0.15, 0.2) is 0 Å². The maximum atomic E-state index is 11.7. The van der Waals surface area contributed by atoms with Crippen molar-refractivity contribution in [3.8, 4) is 0 Å². The first-order chi connectivity index (χ1) is 8.13. The number of ether oxygens (including phenoxy) is 1. The number of carbonyl (C=O) groups excluding carboxylic acids is 1. The van der Waals surface area contributed by atoms with E-state index < -0.39 is 0 Å². The van der Waals surface area contributed by atoms with Crippen LogP contribution in [0.25, 0.3) is 0 Å². The first kappa shape index (κ1) is 12.5. The highest BCUT2D eigenvalue weighted by Gasteiger charge is 2.26. The van der Waals surface area contributed by atoms with E-state index in [9.17, 15) is 4.79 Å². The molecule has 5 nitrogen and oxygen atoms in total. The second kappa shape index (κ2) is 5.12. The van der Waals surface area contributed by atoms with Crippen molar-refractivity contribution >= 4 is 17.2 Å². The number of aromatic nitrogens is 1. The molecule has 2 rings (SSSR count). The number of hydrazine groups is 1. The van der Waals surface area contributed by atoms with Gasteiger partial charge in [0.2, 0.25) is 0 Å². The van der Waals surface area contributed by atoms with Gasteiger partial charge in [-0.15, -0.1) is 11.3 Å². The molecule has 94 valence electrons. The fourth-order valence-electron chi connectivity index (χ4n) is 1.88. The number of nitrogens with two attached hydrogens (primary N) is 1. The highest BCUT2D eigenvalue weighted by atomic mass is 32.1. The molecule has 0 radical (unpaired) electrons. The highest BCUT2D eigenvalue weighted by Crippen LogP contribution is 2.34. The molecule has 1 saturated heterocycles. The van der Waals surface area contributed by atoms with Gasteiger partial charge in [-0.2, -0.15) is 0 Å². The van der Waals surface area contributed by atoms with E-state index in [1.165, 1.54) is 11.3 Å². The molecule has 2 heterocycles. The van der Waals surface area contributed by atoms with Crippen molar-refractivity contribution in [2.75, 3.05) is 6.61 Å². The topological polar surface area (TPSA) is 77.2 Å². The molecule has 0 bridgehead atoms. The predicted molar refractivity (Wildman–Crippen MR) is 65.8 cm³/mol. The van der Waals surface area contributed by atoms with E-state index in [1.54, 1.807) is 0 Å². The van der Waals surface area contributed by atoms with Gasteiger partial charge in [0.05, 0.1) is 5.69 Å². The van der Waals surface area contributed by atoms with Crippen LogP contribution in [0.5, 0.6) is 0 Å². The largest absolute Gasteiger partial charge is 0.371 e. The van der Waals surface area contributed by atoms with Crippen molar-refractivity contribution in [3.05, 3.63) is 15.6 Å². The zero-order valence-electron chi connectivity index (χ0n) is 10.0. The molecule has 1 aromatic rings. The summed E-state index contributed by atoms with van der Waals surface area (Å²) in [6, 6.07) is 0. The van der Waals surface area contributed by atoms with Crippen LogP contribution in [-0.4, -0.2) is 17.5 Å². The first-order valence-electron chi connectivity index (χ1n) is 5.76. The number of carbonyl (C=O) groups is 1. The molecule has 1 amide bonds. The summed E-state index contributed by atoms with van der Waals surface area (Å²) in [5, 5.41) is 0.893. The Morgan fingerprint density at radius 2 is 2.41 bits per heavy atom. The summed E-state index contributed by atoms with van der Waals surface area (Å²) in [4.78, 5) is 16.8. The van der Waals surface area contributed by atoms with Crippen molar-refractivity contribution in [1.29, 1.82) is 0 Å². The molecule has 6 heteroatoms. The van der Waals surface area contributed by atoms with Crippen LogP contribution in [0, 0.1) is 0 Å². The maximum Gasteiger partial charge on any atom is 0.277 e. The lowest BCUT2D eigenvalue weighted by molar-refractivity contribution is 0.0956. The minimum Gasteiger partial charge on any atom is -0.371 e. The third-order valence-electron chi connectivity index (χ3n) is 2.76. The van der Waals surface area contributed by atoms with Crippen LogP contribution >= 0.6 is 11.3 Å². The summed E-state index contributed by atoms with van der Waals surface area (Å²) in [5.74, 6) is 5.12. The zero-order chi connectivity index (χ0) is 12.4. The SMILES string of the molecule is CC(C)c1nc(C2CCCO2)sc1C(=O)NN. The molecule has 0 aromatic carbocycles. The molecular weight excluding hydrogens is 238 g/mol. The van der Waals surface area contributed by atoms with Crippen molar-refractivity contribution in [1.82, 2.24) is 10.4 Å². The Balaban J connectivity index is 2.33. The average Bonchev–Trinajstić information content (AvgIpc) is 2.95. The van der Waals surface area contributed by atoms with Crippen molar-refractivity contribution < 1.29 is 9.53 Å². The van der Waals surface area contributed by atoms with Gasteiger partial charge in [-0.05, 0) is 18.8 Å². The monoisotopic (exact) mass is 255 g/mol. The van der Waals surface area contributed by atoms with Crippen LogP contribution in [0.3, 0.4) is 0 Å². The van der Waals surface area contributed by atoms with Gasteiger partial charge in [-0.25, -0.2) is 10.8 Å². The zero-order valence-corrected chi connectivity index (χ0v) is 10.8. The maximum absolute atomic E-state index is 11.7. The van der Waals surface area contributed by atoms with E-state index in [4.69, 9.17) is 10.6 Å². The van der Waals surface area contributed by atoms with Gasteiger partial charge in [0.15, 0.2) is 0 Å². The summed E-state index contributed by atoms with van der Waals surface area (Å²) in [6.45, 7) is 4.81. The molecule has 17 heavy (non-hydrogen) atoms. The number of nitrogen functional groups attached to an aromatic ring is 1. The standard InChI is InChI=1S/C11H17N3O2S/c1-6(2)8-9(10(15)14-12)17-11(13-8)7-4-3-5-16-7/h6-7H,3-5,12H2,1-2H3,(H,14,15). The molecular formula is C11H17N3O2S. The van der Waals surface area contributed by atoms with Crippen molar-refractivity contribution in [2.45, 2.75) is 38.7 Å². The Labute approximate surface area is 104 Å². The predicted octanol–water partition coefficient (Wildman–Crippen LogP) is 1.72. The van der Waals surface area contributed by atoms with E-state index in [0.717, 1.165) is 30.2 Å². The Bertz CT molecular complexity index is 411.